The van der Waals surface area contributed by atoms with Crippen LogP contribution in [0.2, 0.25) is 0 Å². The van der Waals surface area contributed by atoms with E-state index in [0.29, 0.717) is 0 Å². The van der Waals surface area contributed by atoms with Crippen molar-refractivity contribution in [2.45, 2.75) is 6.42 Å². The van der Waals surface area contributed by atoms with Gasteiger partial charge in [-0.2, -0.15) is 0 Å². The summed E-state index contributed by atoms with van der Waals surface area (Å²) in [6, 6.07) is 6.66. The molecule has 2 heterocycles. The minimum Gasteiger partial charge on any atom is -0.314 e. The lowest BCUT2D eigenvalue weighted by atomic mass is 10.1. The van der Waals surface area contributed by atoms with Crippen molar-refractivity contribution in [1.82, 2.24) is 15.2 Å². The summed E-state index contributed by atoms with van der Waals surface area (Å²) in [6.07, 6.45) is 1.13. The van der Waals surface area contributed by atoms with Gasteiger partial charge in [0.1, 0.15) is 0 Å². The van der Waals surface area contributed by atoms with Crippen LogP contribution < -0.4 is 5.32 Å². The molecule has 4 heteroatoms. The van der Waals surface area contributed by atoms with Gasteiger partial charge in [-0.25, -0.2) is 4.98 Å². The van der Waals surface area contributed by atoms with E-state index in [1.54, 1.807) is 11.3 Å². The molecule has 0 unspecified atom stereocenters. The van der Waals surface area contributed by atoms with Crippen LogP contribution in [0.15, 0.2) is 23.7 Å². The van der Waals surface area contributed by atoms with E-state index in [1.807, 2.05) is 5.51 Å². The maximum atomic E-state index is 4.37. The quantitative estimate of drug-likeness (QED) is 0.895. The molecular weight excluding hydrogens is 230 g/mol. The van der Waals surface area contributed by atoms with Crippen LogP contribution in [-0.2, 0) is 6.42 Å². The number of hydrogen-bond donors (Lipinski definition) is 1. The Morgan fingerprint density at radius 2 is 2.18 bits per heavy atom. The number of nitrogens with zero attached hydrogens (tertiary/aromatic N) is 2. The third-order valence-electron chi connectivity index (χ3n) is 3.32. The average Bonchev–Trinajstić information content (AvgIpc) is 2.85. The normalized spacial score (nSPS) is 17.6. The van der Waals surface area contributed by atoms with Crippen LogP contribution in [0.5, 0.6) is 0 Å². The maximum absolute atomic E-state index is 4.37. The average molecular weight is 247 g/mol. The van der Waals surface area contributed by atoms with Gasteiger partial charge in [-0.3, -0.25) is 0 Å². The summed E-state index contributed by atoms with van der Waals surface area (Å²) in [5.41, 5.74) is 4.47. The zero-order valence-corrected chi connectivity index (χ0v) is 10.7. The lowest BCUT2D eigenvalue weighted by molar-refractivity contribution is 0.244. The Morgan fingerprint density at radius 3 is 3.06 bits per heavy atom. The van der Waals surface area contributed by atoms with E-state index in [0.717, 1.165) is 31.6 Å². The molecule has 1 fully saturated rings. The van der Waals surface area contributed by atoms with Crippen LogP contribution in [0.1, 0.15) is 5.56 Å². The molecule has 17 heavy (non-hydrogen) atoms. The monoisotopic (exact) mass is 247 g/mol. The van der Waals surface area contributed by atoms with Gasteiger partial charge in [0.2, 0.25) is 0 Å². The molecular formula is C13H17N3S. The fourth-order valence-corrected chi connectivity index (χ4v) is 2.94. The Labute approximate surface area is 105 Å². The Bertz CT molecular complexity index is 488. The summed E-state index contributed by atoms with van der Waals surface area (Å²) in [4.78, 5) is 6.90. The fraction of sp³-hybridized carbons (Fsp3) is 0.462. The molecule has 90 valence electrons. The van der Waals surface area contributed by atoms with E-state index >= 15 is 0 Å². The SMILES string of the molecule is c1nc2cc(CCN3CCNCC3)ccc2s1. The number of piperazine rings is 1. The van der Waals surface area contributed by atoms with E-state index in [-0.39, 0.29) is 0 Å². The molecule has 0 aliphatic carbocycles. The van der Waals surface area contributed by atoms with Crippen LogP contribution in [0.25, 0.3) is 10.2 Å². The smallest absolute Gasteiger partial charge is 0.0814 e. The number of nitrogens with one attached hydrogen (secondary N) is 1. The lowest BCUT2D eigenvalue weighted by Gasteiger charge is -2.27. The largest absolute Gasteiger partial charge is 0.314 e. The first-order valence-corrected chi connectivity index (χ1v) is 7.05. The van der Waals surface area contributed by atoms with Crippen molar-refractivity contribution in [3.05, 3.63) is 29.3 Å². The zero-order chi connectivity index (χ0) is 11.5. The van der Waals surface area contributed by atoms with Crippen molar-refractivity contribution in [3.8, 4) is 0 Å². The first-order valence-electron chi connectivity index (χ1n) is 6.17. The van der Waals surface area contributed by atoms with Gasteiger partial charge in [-0.15, -0.1) is 11.3 Å². The van der Waals surface area contributed by atoms with Crippen molar-refractivity contribution < 1.29 is 0 Å². The third-order valence-corrected chi connectivity index (χ3v) is 4.13. The molecule has 0 spiro atoms. The number of hydrogen-bond acceptors (Lipinski definition) is 4. The van der Waals surface area contributed by atoms with E-state index < -0.39 is 0 Å². The summed E-state index contributed by atoms with van der Waals surface area (Å²) in [6.45, 7) is 5.78. The van der Waals surface area contributed by atoms with Crippen LogP contribution in [0.3, 0.4) is 0 Å². The predicted molar refractivity (Wildman–Crippen MR) is 72.6 cm³/mol. The molecule has 0 amide bonds. The van der Waals surface area contributed by atoms with Gasteiger partial charge in [0.05, 0.1) is 15.7 Å². The highest BCUT2D eigenvalue weighted by Gasteiger charge is 2.09. The summed E-state index contributed by atoms with van der Waals surface area (Å²) in [5, 5.41) is 3.38. The molecule has 0 saturated carbocycles. The zero-order valence-electron chi connectivity index (χ0n) is 9.85. The molecule has 1 aromatic carbocycles. The third kappa shape index (κ3) is 2.65. The summed E-state index contributed by atoms with van der Waals surface area (Å²) >= 11 is 1.71. The molecule has 0 radical (unpaired) electrons. The molecule has 3 nitrogen and oxygen atoms in total. The van der Waals surface area contributed by atoms with E-state index in [2.05, 4.69) is 33.4 Å². The first kappa shape index (κ1) is 11.1. The minimum absolute atomic E-state index is 1.13. The standard InChI is InChI=1S/C13H17N3S/c1-2-13-12(15-10-17-13)9-11(1)3-6-16-7-4-14-5-8-16/h1-2,9-10,14H,3-8H2. The van der Waals surface area contributed by atoms with E-state index in [1.165, 1.54) is 23.4 Å². The number of thiazole rings is 1. The van der Waals surface area contributed by atoms with Gasteiger partial charge >= 0.3 is 0 Å². The van der Waals surface area contributed by atoms with Crippen molar-refractivity contribution in [3.63, 3.8) is 0 Å². The lowest BCUT2D eigenvalue weighted by Crippen LogP contribution is -2.44. The molecule has 1 saturated heterocycles. The van der Waals surface area contributed by atoms with Crippen LogP contribution >= 0.6 is 11.3 Å². The summed E-state index contributed by atoms with van der Waals surface area (Å²) < 4.78 is 1.29. The molecule has 1 aliphatic rings. The van der Waals surface area contributed by atoms with Crippen molar-refractivity contribution >= 4 is 21.6 Å². The first-order chi connectivity index (χ1) is 8.42. The van der Waals surface area contributed by atoms with Crippen molar-refractivity contribution in [1.29, 1.82) is 0 Å². The number of aromatic nitrogens is 1. The van der Waals surface area contributed by atoms with Gasteiger partial charge in [-0.1, -0.05) is 6.07 Å². The molecule has 0 bridgehead atoms. The Kier molecular flexibility index (Phi) is 3.36. The Morgan fingerprint density at radius 1 is 1.29 bits per heavy atom. The van der Waals surface area contributed by atoms with Gasteiger partial charge in [0, 0.05) is 32.7 Å². The molecule has 1 N–H and O–H groups in total. The molecule has 0 atom stereocenters. The number of rotatable bonds is 3. The highest BCUT2D eigenvalue weighted by Crippen LogP contribution is 2.19. The number of fused-ring (bicyclic) bond motifs is 1. The predicted octanol–water partition coefficient (Wildman–Crippen LogP) is 1.74. The molecule has 1 aliphatic heterocycles. The number of benzene rings is 1. The van der Waals surface area contributed by atoms with E-state index in [4.69, 9.17) is 0 Å². The molecule has 3 rings (SSSR count). The van der Waals surface area contributed by atoms with Crippen LogP contribution in [0, 0.1) is 0 Å². The topological polar surface area (TPSA) is 28.2 Å². The van der Waals surface area contributed by atoms with E-state index in [9.17, 15) is 0 Å². The highest BCUT2D eigenvalue weighted by atomic mass is 32.1. The van der Waals surface area contributed by atoms with Crippen LogP contribution in [0.4, 0.5) is 0 Å². The maximum Gasteiger partial charge on any atom is 0.0814 e. The van der Waals surface area contributed by atoms with Gasteiger partial charge < -0.3 is 10.2 Å². The highest BCUT2D eigenvalue weighted by molar-refractivity contribution is 7.16. The van der Waals surface area contributed by atoms with Gasteiger partial charge in [-0.05, 0) is 24.1 Å². The van der Waals surface area contributed by atoms with Crippen molar-refractivity contribution in [2.75, 3.05) is 32.7 Å². The van der Waals surface area contributed by atoms with Crippen LogP contribution in [-0.4, -0.2) is 42.6 Å². The van der Waals surface area contributed by atoms with Crippen molar-refractivity contribution in [2.24, 2.45) is 0 Å². The Balaban J connectivity index is 1.63. The van der Waals surface area contributed by atoms with Gasteiger partial charge in [0.25, 0.3) is 0 Å². The second kappa shape index (κ2) is 5.12. The minimum atomic E-state index is 1.13. The fourth-order valence-electron chi connectivity index (χ4n) is 2.28. The Hall–Kier alpha value is -0.970. The van der Waals surface area contributed by atoms with Gasteiger partial charge in [0.15, 0.2) is 0 Å². The molecule has 2 aromatic rings. The second-order valence-corrected chi connectivity index (χ2v) is 5.38. The molecule has 1 aromatic heterocycles. The second-order valence-electron chi connectivity index (χ2n) is 4.50. The summed E-state index contributed by atoms with van der Waals surface area (Å²) in [5.74, 6) is 0. The summed E-state index contributed by atoms with van der Waals surface area (Å²) in [7, 11) is 0.